The Labute approximate surface area is 114 Å². The van der Waals surface area contributed by atoms with Crippen LogP contribution in [0.1, 0.15) is 26.2 Å². The normalized spacial score (nSPS) is 19.9. The number of para-hydroxylation sites is 1. The van der Waals surface area contributed by atoms with Crippen molar-refractivity contribution in [3.8, 4) is 0 Å². The molecule has 1 aromatic carbocycles. The Morgan fingerprint density at radius 3 is 2.89 bits per heavy atom. The lowest BCUT2D eigenvalue weighted by Crippen LogP contribution is -2.34. The fraction of sp³-hybridized carbons (Fsp3) is 0.533. The molecule has 4 nitrogen and oxygen atoms in total. The van der Waals surface area contributed by atoms with Gasteiger partial charge in [-0.3, -0.25) is 0 Å². The van der Waals surface area contributed by atoms with Crippen molar-refractivity contribution in [1.82, 2.24) is 0 Å². The summed E-state index contributed by atoms with van der Waals surface area (Å²) in [5.74, 6) is -0.207. The zero-order valence-corrected chi connectivity index (χ0v) is 11.3. The molecular formula is C15H21NO3. The van der Waals surface area contributed by atoms with Crippen molar-refractivity contribution in [2.45, 2.75) is 38.3 Å². The van der Waals surface area contributed by atoms with Crippen molar-refractivity contribution >= 4 is 11.7 Å². The minimum Gasteiger partial charge on any atom is -0.464 e. The molecule has 19 heavy (non-hydrogen) atoms. The number of carbonyl (C=O) groups is 1. The monoisotopic (exact) mass is 263 g/mol. The maximum Gasteiger partial charge on any atom is 0.328 e. The van der Waals surface area contributed by atoms with Crippen molar-refractivity contribution in [2.24, 2.45) is 0 Å². The first-order valence-corrected chi connectivity index (χ1v) is 6.89. The van der Waals surface area contributed by atoms with E-state index in [1.165, 1.54) is 0 Å². The van der Waals surface area contributed by atoms with Gasteiger partial charge in [0.25, 0.3) is 0 Å². The SMILES string of the molecule is CCOC(=O)C(CC1CCCO1)Nc1ccccc1. The first kappa shape index (κ1) is 13.9. The average Bonchev–Trinajstić information content (AvgIpc) is 2.92. The van der Waals surface area contributed by atoms with Crippen LogP contribution in [-0.4, -0.2) is 31.3 Å². The van der Waals surface area contributed by atoms with Crippen LogP contribution in [0.4, 0.5) is 5.69 Å². The lowest BCUT2D eigenvalue weighted by Gasteiger charge is -2.21. The van der Waals surface area contributed by atoms with Gasteiger partial charge in [0.05, 0.1) is 12.7 Å². The maximum absolute atomic E-state index is 12.0. The van der Waals surface area contributed by atoms with Crippen LogP contribution in [0.3, 0.4) is 0 Å². The molecule has 1 fully saturated rings. The van der Waals surface area contributed by atoms with Gasteiger partial charge in [0, 0.05) is 18.7 Å². The van der Waals surface area contributed by atoms with E-state index in [0.717, 1.165) is 25.1 Å². The van der Waals surface area contributed by atoms with Gasteiger partial charge < -0.3 is 14.8 Å². The molecule has 0 radical (unpaired) electrons. The number of carbonyl (C=O) groups excluding carboxylic acids is 1. The van der Waals surface area contributed by atoms with Gasteiger partial charge in [0.15, 0.2) is 0 Å². The Kier molecular flexibility index (Phi) is 5.21. The number of benzene rings is 1. The summed E-state index contributed by atoms with van der Waals surface area (Å²) in [6, 6.07) is 9.38. The molecule has 1 N–H and O–H groups in total. The fourth-order valence-corrected chi connectivity index (χ4v) is 2.29. The summed E-state index contributed by atoms with van der Waals surface area (Å²) >= 11 is 0. The van der Waals surface area contributed by atoms with Gasteiger partial charge in [-0.15, -0.1) is 0 Å². The van der Waals surface area contributed by atoms with Crippen LogP contribution in [0, 0.1) is 0 Å². The number of ether oxygens (including phenoxy) is 2. The van der Waals surface area contributed by atoms with Gasteiger partial charge in [0.2, 0.25) is 0 Å². The summed E-state index contributed by atoms with van der Waals surface area (Å²) in [7, 11) is 0. The van der Waals surface area contributed by atoms with Gasteiger partial charge in [0.1, 0.15) is 6.04 Å². The molecule has 0 aliphatic carbocycles. The van der Waals surface area contributed by atoms with Crippen LogP contribution in [-0.2, 0) is 14.3 Å². The van der Waals surface area contributed by atoms with Crippen LogP contribution in [0.2, 0.25) is 0 Å². The third-order valence-corrected chi connectivity index (χ3v) is 3.21. The second-order valence-corrected chi connectivity index (χ2v) is 4.69. The van der Waals surface area contributed by atoms with Crippen molar-refractivity contribution < 1.29 is 14.3 Å². The van der Waals surface area contributed by atoms with Gasteiger partial charge in [-0.25, -0.2) is 4.79 Å². The van der Waals surface area contributed by atoms with E-state index in [9.17, 15) is 4.79 Å². The molecule has 104 valence electrons. The van der Waals surface area contributed by atoms with E-state index in [1.54, 1.807) is 0 Å². The van der Waals surface area contributed by atoms with Gasteiger partial charge in [-0.05, 0) is 31.9 Å². The average molecular weight is 263 g/mol. The summed E-state index contributed by atoms with van der Waals surface area (Å²) < 4.78 is 10.7. The molecule has 2 unspecified atom stereocenters. The smallest absolute Gasteiger partial charge is 0.328 e. The molecule has 1 aliphatic rings. The van der Waals surface area contributed by atoms with E-state index in [4.69, 9.17) is 9.47 Å². The first-order valence-electron chi connectivity index (χ1n) is 6.89. The zero-order chi connectivity index (χ0) is 13.5. The third kappa shape index (κ3) is 4.24. The molecule has 0 spiro atoms. The predicted molar refractivity (Wildman–Crippen MR) is 74.1 cm³/mol. The zero-order valence-electron chi connectivity index (χ0n) is 11.3. The first-order chi connectivity index (χ1) is 9.29. The Morgan fingerprint density at radius 2 is 2.26 bits per heavy atom. The standard InChI is InChI=1S/C15H21NO3/c1-2-18-15(17)14(11-13-9-6-10-19-13)16-12-7-4-3-5-8-12/h3-5,7-8,13-14,16H,2,6,9-11H2,1H3. The third-order valence-electron chi connectivity index (χ3n) is 3.21. The highest BCUT2D eigenvalue weighted by atomic mass is 16.5. The van der Waals surface area contributed by atoms with E-state index in [0.29, 0.717) is 13.0 Å². The minimum absolute atomic E-state index is 0.158. The molecule has 0 amide bonds. The Balaban J connectivity index is 1.98. The number of hydrogen-bond acceptors (Lipinski definition) is 4. The number of hydrogen-bond donors (Lipinski definition) is 1. The van der Waals surface area contributed by atoms with E-state index in [-0.39, 0.29) is 18.1 Å². The van der Waals surface area contributed by atoms with Crippen LogP contribution >= 0.6 is 0 Å². The molecule has 0 aromatic heterocycles. The van der Waals surface area contributed by atoms with E-state index in [1.807, 2.05) is 37.3 Å². The van der Waals surface area contributed by atoms with E-state index >= 15 is 0 Å². The number of nitrogens with one attached hydrogen (secondary N) is 1. The molecule has 0 bridgehead atoms. The van der Waals surface area contributed by atoms with Crippen molar-refractivity contribution in [3.63, 3.8) is 0 Å². The second kappa shape index (κ2) is 7.14. The van der Waals surface area contributed by atoms with Crippen LogP contribution in [0.5, 0.6) is 0 Å². The lowest BCUT2D eigenvalue weighted by atomic mass is 10.1. The molecule has 1 aromatic rings. The topological polar surface area (TPSA) is 47.6 Å². The quantitative estimate of drug-likeness (QED) is 0.801. The largest absolute Gasteiger partial charge is 0.464 e. The maximum atomic E-state index is 12.0. The van der Waals surface area contributed by atoms with Crippen molar-refractivity contribution in [3.05, 3.63) is 30.3 Å². The van der Waals surface area contributed by atoms with E-state index < -0.39 is 0 Å². The van der Waals surface area contributed by atoms with Crippen LogP contribution in [0.15, 0.2) is 30.3 Å². The highest BCUT2D eigenvalue weighted by molar-refractivity contribution is 5.79. The predicted octanol–water partition coefficient (Wildman–Crippen LogP) is 2.60. The van der Waals surface area contributed by atoms with E-state index in [2.05, 4.69) is 5.32 Å². The Bertz CT molecular complexity index is 388. The molecule has 2 rings (SSSR count). The second-order valence-electron chi connectivity index (χ2n) is 4.69. The highest BCUT2D eigenvalue weighted by Gasteiger charge is 2.26. The number of anilines is 1. The minimum atomic E-state index is -0.342. The summed E-state index contributed by atoms with van der Waals surface area (Å²) in [5, 5.41) is 3.24. The summed E-state index contributed by atoms with van der Waals surface area (Å²) in [6.07, 6.45) is 2.91. The summed E-state index contributed by atoms with van der Waals surface area (Å²) in [5.41, 5.74) is 0.929. The molecule has 1 saturated heterocycles. The molecule has 1 aliphatic heterocycles. The van der Waals surface area contributed by atoms with Gasteiger partial charge >= 0.3 is 5.97 Å². The summed E-state index contributed by atoms with van der Waals surface area (Å²) in [6.45, 7) is 3.02. The highest BCUT2D eigenvalue weighted by Crippen LogP contribution is 2.20. The van der Waals surface area contributed by atoms with Crippen LogP contribution in [0.25, 0.3) is 0 Å². The Hall–Kier alpha value is -1.55. The molecular weight excluding hydrogens is 242 g/mol. The number of rotatable bonds is 6. The van der Waals surface area contributed by atoms with Crippen molar-refractivity contribution in [2.75, 3.05) is 18.5 Å². The Morgan fingerprint density at radius 1 is 1.47 bits per heavy atom. The lowest BCUT2D eigenvalue weighted by molar-refractivity contribution is -0.144. The summed E-state index contributed by atoms with van der Waals surface area (Å²) in [4.78, 5) is 12.0. The molecule has 0 saturated carbocycles. The molecule has 4 heteroatoms. The van der Waals surface area contributed by atoms with Gasteiger partial charge in [-0.2, -0.15) is 0 Å². The molecule has 1 heterocycles. The molecule has 2 atom stereocenters. The fourth-order valence-electron chi connectivity index (χ4n) is 2.29. The van der Waals surface area contributed by atoms with Crippen molar-refractivity contribution in [1.29, 1.82) is 0 Å². The van der Waals surface area contributed by atoms with Crippen LogP contribution < -0.4 is 5.32 Å². The number of esters is 1. The van der Waals surface area contributed by atoms with Gasteiger partial charge in [-0.1, -0.05) is 18.2 Å².